The van der Waals surface area contributed by atoms with Crippen molar-refractivity contribution < 1.29 is 18.7 Å². The van der Waals surface area contributed by atoms with E-state index in [2.05, 4.69) is 10.5 Å². The zero-order chi connectivity index (χ0) is 16.7. The number of carbonyl (C=O) groups is 1. The van der Waals surface area contributed by atoms with Crippen molar-refractivity contribution in [3.8, 4) is 11.5 Å². The maximum Gasteiger partial charge on any atom is 0.274 e. The molecule has 0 aliphatic carbocycles. The average molecular weight is 316 g/mol. The Hall–Kier alpha value is -2.76. The number of amides is 1. The van der Waals surface area contributed by atoms with E-state index in [0.717, 1.165) is 5.56 Å². The molecular weight excluding hydrogens is 296 g/mol. The molecule has 0 spiro atoms. The molecule has 23 heavy (non-hydrogen) atoms. The van der Waals surface area contributed by atoms with Crippen LogP contribution in [-0.2, 0) is 0 Å². The smallest absolute Gasteiger partial charge is 0.274 e. The highest BCUT2D eigenvalue weighted by molar-refractivity contribution is 5.95. The van der Waals surface area contributed by atoms with Gasteiger partial charge in [0, 0.05) is 0 Å². The second kappa shape index (κ2) is 8.03. The first-order valence-corrected chi connectivity index (χ1v) is 7.42. The number of hydrazone groups is 1. The van der Waals surface area contributed by atoms with Gasteiger partial charge in [0.05, 0.1) is 31.3 Å². The van der Waals surface area contributed by atoms with Crippen molar-refractivity contribution in [3.63, 3.8) is 0 Å². The molecule has 1 amide bonds. The van der Waals surface area contributed by atoms with Crippen LogP contribution in [0.3, 0.4) is 0 Å². The van der Waals surface area contributed by atoms with Crippen LogP contribution >= 0.6 is 0 Å². The Morgan fingerprint density at radius 2 is 1.96 bits per heavy atom. The van der Waals surface area contributed by atoms with Gasteiger partial charge in [0.1, 0.15) is 5.76 Å². The number of rotatable bonds is 7. The number of furan rings is 1. The summed E-state index contributed by atoms with van der Waals surface area (Å²) in [6, 6.07) is 7.07. The fourth-order valence-electron chi connectivity index (χ4n) is 1.99. The third-order valence-corrected chi connectivity index (χ3v) is 3.05. The van der Waals surface area contributed by atoms with E-state index in [4.69, 9.17) is 13.9 Å². The maximum absolute atomic E-state index is 11.9. The second-order valence-corrected chi connectivity index (χ2v) is 4.66. The van der Waals surface area contributed by atoms with Crippen LogP contribution in [-0.4, -0.2) is 25.3 Å². The molecule has 1 aromatic carbocycles. The standard InChI is InChI=1S/C17H20N2O4/c1-4-21-15-7-6-13(10-16(15)22-5-2)11-18-19-17(20)14-8-9-23-12(14)3/h6-11H,4-5H2,1-3H3,(H,19,20). The highest BCUT2D eigenvalue weighted by atomic mass is 16.5. The predicted octanol–water partition coefficient (Wildman–Crippen LogP) is 3.15. The molecule has 1 heterocycles. The Balaban J connectivity index is 2.05. The highest BCUT2D eigenvalue weighted by Gasteiger charge is 2.10. The molecule has 6 heteroatoms. The van der Waals surface area contributed by atoms with E-state index >= 15 is 0 Å². The first-order chi connectivity index (χ1) is 11.2. The van der Waals surface area contributed by atoms with Gasteiger partial charge in [-0.15, -0.1) is 0 Å². The Kier molecular flexibility index (Phi) is 5.80. The van der Waals surface area contributed by atoms with E-state index in [1.54, 1.807) is 19.2 Å². The summed E-state index contributed by atoms with van der Waals surface area (Å²) in [5, 5.41) is 3.95. The van der Waals surface area contributed by atoms with Crippen LogP contribution in [0.1, 0.15) is 35.5 Å². The number of nitrogens with one attached hydrogen (secondary N) is 1. The van der Waals surface area contributed by atoms with Crippen molar-refractivity contribution in [1.82, 2.24) is 5.43 Å². The van der Waals surface area contributed by atoms with Crippen LogP contribution in [0.15, 0.2) is 40.0 Å². The zero-order valence-electron chi connectivity index (χ0n) is 13.5. The molecule has 0 saturated heterocycles. The molecule has 0 fully saturated rings. The molecule has 6 nitrogen and oxygen atoms in total. The van der Waals surface area contributed by atoms with Crippen molar-refractivity contribution in [2.45, 2.75) is 20.8 Å². The summed E-state index contributed by atoms with van der Waals surface area (Å²) in [6.07, 6.45) is 3.01. The van der Waals surface area contributed by atoms with E-state index < -0.39 is 0 Å². The lowest BCUT2D eigenvalue weighted by Gasteiger charge is -2.11. The molecule has 2 rings (SSSR count). The van der Waals surface area contributed by atoms with Crippen LogP contribution in [0, 0.1) is 6.92 Å². The Bertz CT molecular complexity index is 692. The SMILES string of the molecule is CCOc1ccc(C=NNC(=O)c2ccoc2C)cc1OCC. The summed E-state index contributed by atoms with van der Waals surface area (Å²) in [5.41, 5.74) is 3.72. The first kappa shape index (κ1) is 16.6. The molecule has 0 bridgehead atoms. The quantitative estimate of drug-likeness (QED) is 0.629. The van der Waals surface area contributed by atoms with Crippen LogP contribution in [0.5, 0.6) is 11.5 Å². The van der Waals surface area contributed by atoms with Crippen molar-refractivity contribution in [2.75, 3.05) is 13.2 Å². The summed E-state index contributed by atoms with van der Waals surface area (Å²) >= 11 is 0. The summed E-state index contributed by atoms with van der Waals surface area (Å²) in [6.45, 7) is 6.65. The van der Waals surface area contributed by atoms with Crippen LogP contribution in [0.4, 0.5) is 0 Å². The van der Waals surface area contributed by atoms with Gasteiger partial charge in [-0.05, 0) is 50.6 Å². The van der Waals surface area contributed by atoms with Gasteiger partial charge >= 0.3 is 0 Å². The van der Waals surface area contributed by atoms with Gasteiger partial charge in [-0.2, -0.15) is 5.10 Å². The number of aryl methyl sites for hydroxylation is 1. The number of carbonyl (C=O) groups excluding carboxylic acids is 1. The number of hydrogen-bond donors (Lipinski definition) is 1. The molecule has 0 atom stereocenters. The van der Waals surface area contributed by atoms with E-state index in [0.29, 0.717) is 36.0 Å². The van der Waals surface area contributed by atoms with Gasteiger partial charge < -0.3 is 13.9 Å². The van der Waals surface area contributed by atoms with E-state index in [-0.39, 0.29) is 5.91 Å². The van der Waals surface area contributed by atoms with Crippen molar-refractivity contribution in [1.29, 1.82) is 0 Å². The summed E-state index contributed by atoms with van der Waals surface area (Å²) in [7, 11) is 0. The largest absolute Gasteiger partial charge is 0.490 e. The van der Waals surface area contributed by atoms with Crippen LogP contribution in [0.2, 0.25) is 0 Å². The Morgan fingerprint density at radius 1 is 1.22 bits per heavy atom. The van der Waals surface area contributed by atoms with Crippen LogP contribution in [0.25, 0.3) is 0 Å². The predicted molar refractivity (Wildman–Crippen MR) is 87.3 cm³/mol. The second-order valence-electron chi connectivity index (χ2n) is 4.66. The number of benzene rings is 1. The van der Waals surface area contributed by atoms with Gasteiger partial charge in [0.25, 0.3) is 5.91 Å². The summed E-state index contributed by atoms with van der Waals surface area (Å²) in [5.74, 6) is 1.57. The molecule has 0 saturated carbocycles. The fourth-order valence-corrected chi connectivity index (χ4v) is 1.99. The molecule has 0 aliphatic rings. The number of ether oxygens (including phenoxy) is 2. The minimum absolute atomic E-state index is 0.316. The molecular formula is C17H20N2O4. The number of nitrogens with zero attached hydrogens (tertiary/aromatic N) is 1. The van der Waals surface area contributed by atoms with Gasteiger partial charge in [-0.3, -0.25) is 4.79 Å². The van der Waals surface area contributed by atoms with E-state index in [1.165, 1.54) is 6.26 Å². The molecule has 2 aromatic rings. The first-order valence-electron chi connectivity index (χ1n) is 7.42. The summed E-state index contributed by atoms with van der Waals surface area (Å²) < 4.78 is 16.1. The lowest BCUT2D eigenvalue weighted by Crippen LogP contribution is -2.17. The Labute approximate surface area is 135 Å². The van der Waals surface area contributed by atoms with Crippen molar-refractivity contribution in [2.24, 2.45) is 5.10 Å². The lowest BCUT2D eigenvalue weighted by molar-refractivity contribution is 0.0953. The van der Waals surface area contributed by atoms with Crippen molar-refractivity contribution in [3.05, 3.63) is 47.4 Å². The van der Waals surface area contributed by atoms with E-state index in [9.17, 15) is 4.79 Å². The third kappa shape index (κ3) is 4.35. The molecule has 0 unspecified atom stereocenters. The normalized spacial score (nSPS) is 10.7. The Morgan fingerprint density at radius 3 is 2.61 bits per heavy atom. The van der Waals surface area contributed by atoms with Crippen molar-refractivity contribution >= 4 is 12.1 Å². The fraction of sp³-hybridized carbons (Fsp3) is 0.294. The summed E-state index contributed by atoms with van der Waals surface area (Å²) in [4.78, 5) is 11.9. The van der Waals surface area contributed by atoms with Gasteiger partial charge in [-0.1, -0.05) is 0 Å². The lowest BCUT2D eigenvalue weighted by atomic mass is 10.2. The topological polar surface area (TPSA) is 73.1 Å². The van der Waals surface area contributed by atoms with Gasteiger partial charge in [-0.25, -0.2) is 5.43 Å². The minimum atomic E-state index is -0.316. The zero-order valence-corrected chi connectivity index (χ0v) is 13.5. The monoisotopic (exact) mass is 316 g/mol. The molecule has 0 radical (unpaired) electrons. The minimum Gasteiger partial charge on any atom is -0.490 e. The van der Waals surface area contributed by atoms with Gasteiger partial charge in [0.2, 0.25) is 0 Å². The average Bonchev–Trinajstić information content (AvgIpc) is 2.96. The molecule has 1 N–H and O–H groups in total. The third-order valence-electron chi connectivity index (χ3n) is 3.05. The maximum atomic E-state index is 11.9. The molecule has 1 aromatic heterocycles. The molecule has 0 aliphatic heterocycles. The molecule has 122 valence electrons. The van der Waals surface area contributed by atoms with Crippen LogP contribution < -0.4 is 14.9 Å². The highest BCUT2D eigenvalue weighted by Crippen LogP contribution is 2.27. The number of hydrogen-bond acceptors (Lipinski definition) is 5. The van der Waals surface area contributed by atoms with Gasteiger partial charge in [0.15, 0.2) is 11.5 Å². The van der Waals surface area contributed by atoms with E-state index in [1.807, 2.05) is 32.0 Å².